The molecule has 0 bridgehead atoms. The Kier molecular flexibility index (Phi) is 7.60. The molecular weight excluding hydrogens is 390 g/mol. The highest BCUT2D eigenvalue weighted by atomic mass is 16.5. The fraction of sp³-hybridized carbons (Fsp3) is 0.500. The number of piperidine rings is 1. The number of carbonyl (C=O) groups excluding carboxylic acids is 1. The van der Waals surface area contributed by atoms with Crippen LogP contribution in [-0.4, -0.2) is 55.4 Å². The molecule has 1 unspecified atom stereocenters. The summed E-state index contributed by atoms with van der Waals surface area (Å²) >= 11 is 0. The Morgan fingerprint density at radius 1 is 1.00 bits per heavy atom. The van der Waals surface area contributed by atoms with Gasteiger partial charge in [-0.05, 0) is 43.4 Å². The molecule has 2 fully saturated rings. The minimum absolute atomic E-state index is 0.139. The van der Waals surface area contributed by atoms with Crippen LogP contribution >= 0.6 is 0 Å². The van der Waals surface area contributed by atoms with Crippen molar-refractivity contribution in [2.24, 2.45) is 0 Å². The van der Waals surface area contributed by atoms with Gasteiger partial charge in [0.2, 0.25) is 5.91 Å². The third-order valence-electron chi connectivity index (χ3n) is 6.39. The zero-order chi connectivity index (χ0) is 21.4. The molecule has 0 aromatic heterocycles. The minimum atomic E-state index is -0.139. The van der Waals surface area contributed by atoms with Gasteiger partial charge in [0.15, 0.2) is 0 Å². The summed E-state index contributed by atoms with van der Waals surface area (Å²) in [4.78, 5) is 14.7. The number of likely N-dealkylation sites (tertiary alicyclic amines) is 1. The second-order valence-electron chi connectivity index (χ2n) is 8.54. The van der Waals surface area contributed by atoms with Crippen LogP contribution in [0.4, 0.5) is 0 Å². The number of rotatable bonds is 8. The highest BCUT2D eigenvalue weighted by molar-refractivity contribution is 5.76. The standard InChI is InChI=1S/C26H33NO4/c28-25(12-11-22-7-3-1-4-8-22)27-16-14-26(15-17-27)21-24(13-18-31-26)30-20-19-29-23-9-5-2-6-10-23/h1-10,24H,11-21H2. The smallest absolute Gasteiger partial charge is 0.222 e. The Morgan fingerprint density at radius 2 is 1.71 bits per heavy atom. The highest BCUT2D eigenvalue weighted by Gasteiger charge is 2.41. The molecule has 2 heterocycles. The van der Waals surface area contributed by atoms with Crippen molar-refractivity contribution >= 4 is 5.91 Å². The molecule has 2 aromatic carbocycles. The van der Waals surface area contributed by atoms with Gasteiger partial charge in [0.05, 0.1) is 18.3 Å². The van der Waals surface area contributed by atoms with Gasteiger partial charge in [-0.1, -0.05) is 48.5 Å². The predicted molar refractivity (Wildman–Crippen MR) is 120 cm³/mol. The van der Waals surface area contributed by atoms with E-state index in [2.05, 4.69) is 12.1 Å². The van der Waals surface area contributed by atoms with Crippen molar-refractivity contribution in [3.8, 4) is 5.75 Å². The minimum Gasteiger partial charge on any atom is -0.491 e. The molecule has 2 aliphatic rings. The van der Waals surface area contributed by atoms with Gasteiger partial charge in [-0.3, -0.25) is 4.79 Å². The number of carbonyl (C=O) groups is 1. The number of amides is 1. The zero-order valence-electron chi connectivity index (χ0n) is 18.2. The topological polar surface area (TPSA) is 48.0 Å². The average molecular weight is 424 g/mol. The number of para-hydroxylation sites is 1. The summed E-state index contributed by atoms with van der Waals surface area (Å²) in [6.45, 7) is 3.42. The van der Waals surface area contributed by atoms with Crippen LogP contribution in [0.5, 0.6) is 5.75 Å². The number of nitrogens with zero attached hydrogens (tertiary/aromatic N) is 1. The Morgan fingerprint density at radius 3 is 2.45 bits per heavy atom. The molecule has 0 N–H and O–H groups in total. The van der Waals surface area contributed by atoms with Crippen molar-refractivity contribution in [1.29, 1.82) is 0 Å². The normalized spacial score (nSPS) is 20.5. The Bertz CT molecular complexity index is 803. The van der Waals surface area contributed by atoms with Crippen LogP contribution in [0.2, 0.25) is 0 Å². The molecule has 4 rings (SSSR count). The zero-order valence-corrected chi connectivity index (χ0v) is 18.2. The van der Waals surface area contributed by atoms with Crippen molar-refractivity contribution in [3.63, 3.8) is 0 Å². The van der Waals surface area contributed by atoms with E-state index in [4.69, 9.17) is 14.2 Å². The summed E-state index contributed by atoms with van der Waals surface area (Å²) < 4.78 is 18.1. The van der Waals surface area contributed by atoms with E-state index in [-0.39, 0.29) is 17.6 Å². The molecule has 31 heavy (non-hydrogen) atoms. The molecule has 166 valence electrons. The van der Waals surface area contributed by atoms with E-state index >= 15 is 0 Å². The first-order valence-electron chi connectivity index (χ1n) is 11.5. The first-order valence-corrected chi connectivity index (χ1v) is 11.5. The summed E-state index contributed by atoms with van der Waals surface area (Å²) in [6, 6.07) is 20.1. The van der Waals surface area contributed by atoms with E-state index in [1.807, 2.05) is 53.4 Å². The van der Waals surface area contributed by atoms with Crippen LogP contribution in [0.3, 0.4) is 0 Å². The van der Waals surface area contributed by atoms with Crippen molar-refractivity contribution in [2.45, 2.75) is 50.2 Å². The van der Waals surface area contributed by atoms with Gasteiger partial charge >= 0.3 is 0 Å². The molecule has 0 aliphatic carbocycles. The van der Waals surface area contributed by atoms with Gasteiger partial charge in [-0.15, -0.1) is 0 Å². The third kappa shape index (κ3) is 6.31. The van der Waals surface area contributed by atoms with Gasteiger partial charge in [0.1, 0.15) is 12.4 Å². The first-order chi connectivity index (χ1) is 15.2. The lowest BCUT2D eigenvalue weighted by molar-refractivity contribution is -0.162. The monoisotopic (exact) mass is 423 g/mol. The lowest BCUT2D eigenvalue weighted by atomic mass is 9.83. The van der Waals surface area contributed by atoms with E-state index in [9.17, 15) is 4.79 Å². The van der Waals surface area contributed by atoms with Gasteiger partial charge in [-0.25, -0.2) is 0 Å². The first kappa shape index (κ1) is 21.8. The molecule has 1 spiro atoms. The third-order valence-corrected chi connectivity index (χ3v) is 6.39. The van der Waals surface area contributed by atoms with Crippen LogP contribution < -0.4 is 4.74 Å². The van der Waals surface area contributed by atoms with Crippen LogP contribution in [0, 0.1) is 0 Å². The largest absolute Gasteiger partial charge is 0.491 e. The van der Waals surface area contributed by atoms with Crippen LogP contribution in [0.1, 0.15) is 37.7 Å². The molecule has 1 amide bonds. The lowest BCUT2D eigenvalue weighted by Gasteiger charge is -2.46. The van der Waals surface area contributed by atoms with Crippen molar-refractivity contribution < 1.29 is 19.0 Å². The van der Waals surface area contributed by atoms with Crippen LogP contribution in [0.25, 0.3) is 0 Å². The summed E-state index contributed by atoms with van der Waals surface area (Å²) in [6.07, 6.45) is 5.20. The quantitative estimate of drug-likeness (QED) is 0.596. The fourth-order valence-electron chi connectivity index (χ4n) is 4.58. The van der Waals surface area contributed by atoms with Gasteiger partial charge < -0.3 is 19.1 Å². The summed E-state index contributed by atoms with van der Waals surface area (Å²) in [5.41, 5.74) is 1.08. The second kappa shape index (κ2) is 10.8. The Labute approximate surface area is 185 Å². The van der Waals surface area contributed by atoms with E-state index in [0.29, 0.717) is 19.6 Å². The lowest BCUT2D eigenvalue weighted by Crippen LogP contribution is -2.52. The van der Waals surface area contributed by atoms with Gasteiger partial charge in [-0.2, -0.15) is 0 Å². The summed E-state index contributed by atoms with van der Waals surface area (Å²) in [7, 11) is 0. The summed E-state index contributed by atoms with van der Waals surface area (Å²) in [5.74, 6) is 1.12. The molecule has 2 aliphatic heterocycles. The second-order valence-corrected chi connectivity index (χ2v) is 8.54. The van der Waals surface area contributed by atoms with Gasteiger partial charge in [0.25, 0.3) is 0 Å². The predicted octanol–water partition coefficient (Wildman–Crippen LogP) is 4.26. The molecule has 1 atom stereocenters. The molecule has 0 radical (unpaired) electrons. The maximum absolute atomic E-state index is 12.6. The molecule has 5 heteroatoms. The van der Waals surface area contributed by atoms with E-state index in [0.717, 1.165) is 57.6 Å². The Balaban J connectivity index is 1.17. The number of ether oxygens (including phenoxy) is 3. The maximum Gasteiger partial charge on any atom is 0.222 e. The SMILES string of the molecule is O=C(CCc1ccccc1)N1CCC2(CC1)CC(OCCOc1ccccc1)CCO2. The van der Waals surface area contributed by atoms with Gasteiger partial charge in [0, 0.05) is 32.5 Å². The van der Waals surface area contributed by atoms with E-state index in [1.54, 1.807) is 0 Å². The molecular formula is C26H33NO4. The molecule has 5 nitrogen and oxygen atoms in total. The summed E-state index contributed by atoms with van der Waals surface area (Å²) in [5, 5.41) is 0. The number of hydrogen-bond acceptors (Lipinski definition) is 4. The van der Waals surface area contributed by atoms with Crippen molar-refractivity contribution in [2.75, 3.05) is 32.9 Å². The highest BCUT2D eigenvalue weighted by Crippen LogP contribution is 2.36. The number of benzene rings is 2. The van der Waals surface area contributed by atoms with E-state index in [1.165, 1.54) is 5.56 Å². The molecule has 2 saturated heterocycles. The molecule has 2 aromatic rings. The van der Waals surface area contributed by atoms with Crippen LogP contribution in [0.15, 0.2) is 60.7 Å². The average Bonchev–Trinajstić information content (AvgIpc) is 2.82. The van der Waals surface area contributed by atoms with Crippen molar-refractivity contribution in [3.05, 3.63) is 66.2 Å². The molecule has 0 saturated carbocycles. The number of aryl methyl sites for hydroxylation is 1. The van der Waals surface area contributed by atoms with Crippen LogP contribution in [-0.2, 0) is 20.7 Å². The fourth-order valence-corrected chi connectivity index (χ4v) is 4.58. The number of hydrogen-bond donors (Lipinski definition) is 0. The Hall–Kier alpha value is -2.37. The van der Waals surface area contributed by atoms with Crippen molar-refractivity contribution in [1.82, 2.24) is 4.90 Å². The maximum atomic E-state index is 12.6. The van der Waals surface area contributed by atoms with E-state index < -0.39 is 0 Å².